The van der Waals surface area contributed by atoms with Gasteiger partial charge in [-0.1, -0.05) is 18.2 Å². The average molecular weight is 529 g/mol. The number of ether oxygens (including phenoxy) is 1. The fraction of sp³-hybridized carbons (Fsp3) is 0.217. The molecule has 0 spiro atoms. The zero-order valence-electron chi connectivity index (χ0n) is 19.7. The average Bonchev–Trinajstić information content (AvgIpc) is 3.59. The van der Waals surface area contributed by atoms with Gasteiger partial charge in [0, 0.05) is 49.3 Å². The Balaban J connectivity index is 1.45. The number of hydrogen-bond acceptors (Lipinski definition) is 8. The molecule has 2 N–H and O–H groups in total. The summed E-state index contributed by atoms with van der Waals surface area (Å²) in [6.07, 6.45) is 5.33. The molecule has 36 heavy (non-hydrogen) atoms. The monoisotopic (exact) mass is 528 g/mol. The zero-order valence-corrected chi connectivity index (χ0v) is 21.3. The van der Waals surface area contributed by atoms with Crippen LogP contribution in [0.4, 0.5) is 5.13 Å². The molecule has 0 fully saturated rings. The predicted molar refractivity (Wildman–Crippen MR) is 136 cm³/mol. The molecule has 0 aliphatic rings. The molecular formula is C23H24N6O5S2. The lowest BCUT2D eigenvalue weighted by atomic mass is 10.1. The van der Waals surface area contributed by atoms with E-state index in [0.717, 1.165) is 27.0 Å². The molecule has 3 heterocycles. The van der Waals surface area contributed by atoms with Crippen molar-refractivity contribution < 1.29 is 22.7 Å². The van der Waals surface area contributed by atoms with Crippen molar-refractivity contribution in [2.75, 3.05) is 25.3 Å². The maximum atomic E-state index is 12.9. The van der Waals surface area contributed by atoms with Crippen LogP contribution in [-0.4, -0.2) is 65.0 Å². The van der Waals surface area contributed by atoms with Crippen LogP contribution >= 0.6 is 11.3 Å². The first-order valence-corrected chi connectivity index (χ1v) is 13.4. The quantitative estimate of drug-likeness (QED) is 0.340. The van der Waals surface area contributed by atoms with Crippen LogP contribution in [0.2, 0.25) is 0 Å². The largest absolute Gasteiger partial charge is 0.382 e. The van der Waals surface area contributed by atoms with E-state index in [4.69, 9.17) is 4.74 Å². The number of nitrogens with one attached hydrogen (secondary N) is 2. The van der Waals surface area contributed by atoms with Gasteiger partial charge in [-0.2, -0.15) is 5.10 Å². The number of amides is 2. The van der Waals surface area contributed by atoms with Crippen molar-refractivity contribution in [3.8, 4) is 22.5 Å². The lowest BCUT2D eigenvalue weighted by Crippen LogP contribution is -2.46. The summed E-state index contributed by atoms with van der Waals surface area (Å²) in [6.45, 7) is -0.0886. The van der Waals surface area contributed by atoms with Gasteiger partial charge >= 0.3 is 0 Å². The van der Waals surface area contributed by atoms with Crippen molar-refractivity contribution >= 4 is 38.3 Å². The number of aryl methyl sites for hydroxylation is 1. The van der Waals surface area contributed by atoms with Gasteiger partial charge in [0.1, 0.15) is 6.04 Å². The van der Waals surface area contributed by atoms with Crippen molar-refractivity contribution in [2.24, 2.45) is 7.05 Å². The molecule has 188 valence electrons. The smallest absolute Gasteiger partial charge is 0.253 e. The number of benzene rings is 1. The third-order valence-corrected chi connectivity index (χ3v) is 6.92. The summed E-state index contributed by atoms with van der Waals surface area (Å²) < 4.78 is 31.0. The summed E-state index contributed by atoms with van der Waals surface area (Å²) in [5.41, 5.74) is 3.43. The fourth-order valence-electron chi connectivity index (χ4n) is 3.37. The molecule has 0 saturated carbocycles. The molecule has 3 aromatic heterocycles. The van der Waals surface area contributed by atoms with Gasteiger partial charge in [-0.3, -0.25) is 18.2 Å². The topological polar surface area (TPSA) is 137 Å². The number of aromatic nitrogens is 4. The number of anilines is 1. The third kappa shape index (κ3) is 5.87. The van der Waals surface area contributed by atoms with Gasteiger partial charge in [0.25, 0.3) is 11.8 Å². The molecule has 1 atom stereocenters. The number of nitrogens with zero attached hydrogens (tertiary/aromatic N) is 4. The van der Waals surface area contributed by atoms with Gasteiger partial charge in [-0.15, -0.1) is 11.3 Å². The van der Waals surface area contributed by atoms with Crippen LogP contribution in [0.3, 0.4) is 0 Å². The Labute approximate surface area is 211 Å². The van der Waals surface area contributed by atoms with E-state index in [0.29, 0.717) is 10.8 Å². The van der Waals surface area contributed by atoms with E-state index in [1.165, 1.54) is 36.9 Å². The third-order valence-electron chi connectivity index (χ3n) is 5.17. The van der Waals surface area contributed by atoms with Crippen LogP contribution in [0.15, 0.2) is 60.4 Å². The van der Waals surface area contributed by atoms with Gasteiger partial charge in [0.05, 0.1) is 29.8 Å². The molecule has 1 aromatic carbocycles. The van der Waals surface area contributed by atoms with Gasteiger partial charge < -0.3 is 15.4 Å². The lowest BCUT2D eigenvalue weighted by Gasteiger charge is -2.16. The van der Waals surface area contributed by atoms with Gasteiger partial charge in [0.15, 0.2) is 5.13 Å². The maximum absolute atomic E-state index is 12.9. The summed E-state index contributed by atoms with van der Waals surface area (Å²) in [5.74, 6) is -1.13. The van der Waals surface area contributed by atoms with E-state index in [1.807, 2.05) is 49.0 Å². The molecule has 0 aliphatic carbocycles. The number of carbonyl (C=O) groups is 2. The predicted octanol–water partition coefficient (Wildman–Crippen LogP) is 2.20. The lowest BCUT2D eigenvalue weighted by molar-refractivity contribution is -0.119. The van der Waals surface area contributed by atoms with Crippen molar-refractivity contribution in [3.63, 3.8) is 0 Å². The minimum atomic E-state index is -3.53. The Morgan fingerprint density at radius 3 is 2.53 bits per heavy atom. The normalized spacial score (nSPS) is 12.3. The first kappa shape index (κ1) is 25.3. The van der Waals surface area contributed by atoms with Crippen molar-refractivity contribution in [1.82, 2.24) is 24.1 Å². The minimum absolute atomic E-state index is 0.0886. The number of carbonyl (C=O) groups excluding carboxylic acids is 2. The van der Waals surface area contributed by atoms with Gasteiger partial charge in [-0.05, 0) is 18.2 Å². The maximum Gasteiger partial charge on any atom is 0.253 e. The van der Waals surface area contributed by atoms with E-state index in [2.05, 4.69) is 20.7 Å². The van der Waals surface area contributed by atoms with E-state index in [1.54, 1.807) is 4.68 Å². The molecule has 1 unspecified atom stereocenters. The van der Waals surface area contributed by atoms with Crippen LogP contribution < -0.4 is 10.6 Å². The Kier molecular flexibility index (Phi) is 7.33. The van der Waals surface area contributed by atoms with Crippen LogP contribution in [0, 0.1) is 0 Å². The molecule has 0 radical (unpaired) electrons. The molecule has 2 amide bonds. The highest BCUT2D eigenvalue weighted by Gasteiger charge is 2.23. The second kappa shape index (κ2) is 10.4. The summed E-state index contributed by atoms with van der Waals surface area (Å²) in [7, 11) is -0.268. The minimum Gasteiger partial charge on any atom is -0.382 e. The number of thiazole rings is 1. The first-order valence-electron chi connectivity index (χ1n) is 10.7. The summed E-state index contributed by atoms with van der Waals surface area (Å²) in [5, 5.41) is 11.9. The van der Waals surface area contributed by atoms with Crippen LogP contribution in [0.5, 0.6) is 0 Å². The van der Waals surface area contributed by atoms with Crippen molar-refractivity contribution in [1.29, 1.82) is 0 Å². The highest BCUT2D eigenvalue weighted by molar-refractivity contribution is 7.89. The fourth-order valence-corrected chi connectivity index (χ4v) is 4.68. The molecule has 0 aliphatic heterocycles. The molecule has 4 aromatic rings. The van der Waals surface area contributed by atoms with E-state index in [-0.39, 0.29) is 12.2 Å². The number of methoxy groups -OCH3 is 1. The summed E-state index contributed by atoms with van der Waals surface area (Å²) in [6, 6.07) is 10.0. The van der Waals surface area contributed by atoms with Gasteiger partial charge in [0.2, 0.25) is 10.0 Å². The van der Waals surface area contributed by atoms with Crippen molar-refractivity contribution in [3.05, 3.63) is 65.9 Å². The Hall–Kier alpha value is -3.81. The first-order chi connectivity index (χ1) is 17.1. The van der Waals surface area contributed by atoms with Crippen LogP contribution in [-0.2, 0) is 26.6 Å². The second-order valence-corrected chi connectivity index (χ2v) is 10.7. The molecule has 0 bridgehead atoms. The Morgan fingerprint density at radius 2 is 1.89 bits per heavy atom. The second-order valence-electron chi connectivity index (χ2n) is 7.96. The van der Waals surface area contributed by atoms with E-state index >= 15 is 0 Å². The molecule has 0 saturated heterocycles. The molecule has 13 heteroatoms. The molecule has 11 nitrogen and oxygen atoms in total. The summed E-state index contributed by atoms with van der Waals surface area (Å²) in [4.78, 5) is 30.0. The zero-order chi connectivity index (χ0) is 25.9. The van der Waals surface area contributed by atoms with Crippen molar-refractivity contribution in [2.45, 2.75) is 6.04 Å². The highest BCUT2D eigenvalue weighted by Crippen LogP contribution is 2.28. The number of rotatable bonds is 9. The van der Waals surface area contributed by atoms with Gasteiger partial charge in [-0.25, -0.2) is 13.4 Å². The summed E-state index contributed by atoms with van der Waals surface area (Å²) >= 11 is 1.25. The SMILES string of the molecule is COCC(NC(=O)c1ccn(S(C)(=O)=O)c1)C(=O)Nc1nc(-c2cccc(-c3ccn(C)n3)c2)cs1. The molecule has 4 rings (SSSR count). The van der Waals surface area contributed by atoms with E-state index < -0.39 is 27.9 Å². The standard InChI is InChI=1S/C23H24N6O5S2/c1-28-9-8-18(27-28)15-5-4-6-16(11-15)20-14-35-23(25-20)26-22(31)19(13-34-2)24-21(30)17-7-10-29(12-17)36(3,32)33/h4-12,14,19H,13H2,1-3H3,(H,24,30)(H,25,26,31). The van der Waals surface area contributed by atoms with E-state index in [9.17, 15) is 18.0 Å². The van der Waals surface area contributed by atoms with Crippen LogP contribution in [0.25, 0.3) is 22.5 Å². The molecular weight excluding hydrogens is 504 g/mol. The Morgan fingerprint density at radius 1 is 1.14 bits per heavy atom. The number of hydrogen-bond donors (Lipinski definition) is 2. The van der Waals surface area contributed by atoms with Crippen LogP contribution in [0.1, 0.15) is 10.4 Å². The Bertz CT molecular complexity index is 1500. The highest BCUT2D eigenvalue weighted by atomic mass is 32.2.